The van der Waals surface area contributed by atoms with Crippen LogP contribution >= 0.6 is 0 Å². The molecule has 2 heterocycles. The molecular weight excluding hydrogens is 410 g/mol. The predicted octanol–water partition coefficient (Wildman–Crippen LogP) is -3.85. The van der Waals surface area contributed by atoms with Crippen molar-refractivity contribution in [3.05, 3.63) is 11.8 Å². The molecule has 180 valence electrons. The molecule has 2 aliphatic heterocycles. The van der Waals surface area contributed by atoms with Crippen molar-refractivity contribution in [3.8, 4) is 0 Å². The maximum absolute atomic E-state index is 11.0. The van der Waals surface area contributed by atoms with Gasteiger partial charge in [-0.3, -0.25) is 0 Å². The van der Waals surface area contributed by atoms with Gasteiger partial charge in [0.15, 0.2) is 6.29 Å². The highest BCUT2D eigenvalue weighted by Gasteiger charge is 2.50. The Morgan fingerprint density at radius 2 is 1.71 bits per heavy atom. The molecule has 31 heavy (non-hydrogen) atoms. The van der Waals surface area contributed by atoms with Crippen LogP contribution in [0, 0.1) is 0 Å². The molecule has 12 heteroatoms. The van der Waals surface area contributed by atoms with Crippen LogP contribution in [0.3, 0.4) is 0 Å². The quantitative estimate of drug-likeness (QED) is 0.196. The second kappa shape index (κ2) is 9.93. The second-order valence-corrected chi connectivity index (χ2v) is 8.81. The number of ether oxygens (including phenoxy) is 4. The van der Waals surface area contributed by atoms with Gasteiger partial charge in [-0.25, -0.2) is 0 Å². The van der Waals surface area contributed by atoms with Gasteiger partial charge in [-0.15, -0.1) is 0 Å². The summed E-state index contributed by atoms with van der Waals surface area (Å²) in [5.41, 5.74) is 22.9. The van der Waals surface area contributed by atoms with Crippen LogP contribution in [-0.2, 0) is 18.9 Å². The molecule has 0 bridgehead atoms. The van der Waals surface area contributed by atoms with Crippen LogP contribution in [0.25, 0.3) is 0 Å². The van der Waals surface area contributed by atoms with Crippen molar-refractivity contribution in [1.82, 2.24) is 5.32 Å². The number of likely N-dealkylation sites (N-methyl/N-ethyl adjacent to an activating group) is 1. The molecule has 1 aliphatic carbocycles. The van der Waals surface area contributed by atoms with Crippen LogP contribution in [0.15, 0.2) is 11.8 Å². The van der Waals surface area contributed by atoms with E-state index in [1.807, 2.05) is 0 Å². The highest BCUT2D eigenvalue weighted by Crippen LogP contribution is 2.31. The van der Waals surface area contributed by atoms with Gasteiger partial charge in [0.2, 0.25) is 6.29 Å². The van der Waals surface area contributed by atoms with Crippen molar-refractivity contribution in [1.29, 1.82) is 0 Å². The summed E-state index contributed by atoms with van der Waals surface area (Å²) in [6.07, 6.45) is -3.56. The van der Waals surface area contributed by atoms with Gasteiger partial charge >= 0.3 is 0 Å². The van der Waals surface area contributed by atoms with Gasteiger partial charge in [-0.1, -0.05) is 0 Å². The summed E-state index contributed by atoms with van der Waals surface area (Å²) in [5, 5.41) is 34.9. The Kier molecular flexibility index (Phi) is 7.92. The molecule has 0 aromatic heterocycles. The molecule has 1 saturated carbocycles. The largest absolute Gasteiger partial charge is 0.467 e. The molecule has 12 N–H and O–H groups in total. The van der Waals surface area contributed by atoms with E-state index in [1.54, 1.807) is 20.0 Å². The van der Waals surface area contributed by atoms with Crippen LogP contribution in [0.2, 0.25) is 0 Å². The lowest BCUT2D eigenvalue weighted by atomic mass is 9.84. The van der Waals surface area contributed by atoms with Gasteiger partial charge < -0.3 is 62.5 Å². The van der Waals surface area contributed by atoms with E-state index in [9.17, 15) is 15.3 Å². The fraction of sp³-hybridized carbons (Fsp3) is 0.895. The first-order valence-electron chi connectivity index (χ1n) is 10.6. The molecule has 0 amide bonds. The van der Waals surface area contributed by atoms with Crippen LogP contribution in [-0.4, -0.2) is 102 Å². The van der Waals surface area contributed by atoms with Crippen LogP contribution in [0.5, 0.6) is 0 Å². The predicted molar refractivity (Wildman–Crippen MR) is 110 cm³/mol. The molecule has 0 spiro atoms. The van der Waals surface area contributed by atoms with Crippen molar-refractivity contribution >= 4 is 0 Å². The standard InChI is InChI=1S/C19H37N5O7/c1-19(27)7-28-18(13(26)16(19)24-2)31-15-11(23)5-10(22)14(12(15)25)30-17-9(21)4-3-8(6-20)29-17/h3,9-18,24-27H,4-7,20-23H2,1-2H3/t9-,10+,11-,12-,13+,14-,15+,16-,17-,18-,19+/m0/s1. The summed E-state index contributed by atoms with van der Waals surface area (Å²) >= 11 is 0. The normalized spacial score (nSPS) is 48.7. The minimum absolute atomic E-state index is 0.0727. The van der Waals surface area contributed by atoms with E-state index in [0.717, 1.165) is 0 Å². The fourth-order valence-electron chi connectivity index (χ4n) is 4.44. The van der Waals surface area contributed by atoms with E-state index in [-0.39, 0.29) is 13.2 Å². The number of nitrogens with two attached hydrogens (primary N) is 4. The number of rotatable bonds is 6. The van der Waals surface area contributed by atoms with E-state index < -0.39 is 66.8 Å². The maximum Gasteiger partial charge on any atom is 0.215 e. The first-order chi connectivity index (χ1) is 14.6. The van der Waals surface area contributed by atoms with Crippen LogP contribution in [0.4, 0.5) is 0 Å². The van der Waals surface area contributed by atoms with Gasteiger partial charge in [0.25, 0.3) is 0 Å². The molecule has 12 nitrogen and oxygen atoms in total. The highest BCUT2D eigenvalue weighted by atomic mass is 16.7. The zero-order chi connectivity index (χ0) is 22.9. The van der Waals surface area contributed by atoms with Gasteiger partial charge in [-0.2, -0.15) is 0 Å². The van der Waals surface area contributed by atoms with Gasteiger partial charge in [0.05, 0.1) is 25.2 Å². The van der Waals surface area contributed by atoms with Gasteiger partial charge in [0.1, 0.15) is 35.8 Å². The van der Waals surface area contributed by atoms with Crippen molar-refractivity contribution in [2.75, 3.05) is 20.2 Å². The average molecular weight is 448 g/mol. The minimum atomic E-state index is -1.29. The maximum atomic E-state index is 11.0. The number of aliphatic hydroxyl groups is 3. The summed E-state index contributed by atoms with van der Waals surface area (Å²) < 4.78 is 23.1. The fourth-order valence-corrected chi connectivity index (χ4v) is 4.44. The molecule has 11 atom stereocenters. The average Bonchev–Trinajstić information content (AvgIpc) is 2.71. The smallest absolute Gasteiger partial charge is 0.215 e. The van der Waals surface area contributed by atoms with Crippen LogP contribution in [0.1, 0.15) is 19.8 Å². The Morgan fingerprint density at radius 3 is 2.29 bits per heavy atom. The lowest BCUT2D eigenvalue weighted by Gasteiger charge is -2.48. The molecule has 1 saturated heterocycles. The van der Waals surface area contributed by atoms with E-state index >= 15 is 0 Å². The van der Waals surface area contributed by atoms with Crippen molar-refractivity contribution in [3.63, 3.8) is 0 Å². The molecule has 0 aromatic carbocycles. The minimum Gasteiger partial charge on any atom is -0.467 e. The topological polar surface area (TPSA) is 214 Å². The third-order valence-electron chi connectivity index (χ3n) is 6.22. The second-order valence-electron chi connectivity index (χ2n) is 8.81. The van der Waals surface area contributed by atoms with E-state index in [4.69, 9.17) is 41.9 Å². The molecule has 0 aromatic rings. The van der Waals surface area contributed by atoms with E-state index in [1.165, 1.54) is 0 Å². The summed E-state index contributed by atoms with van der Waals surface area (Å²) in [4.78, 5) is 0. The lowest BCUT2D eigenvalue weighted by molar-refractivity contribution is -0.303. The molecule has 3 rings (SSSR count). The van der Waals surface area contributed by atoms with Crippen LogP contribution < -0.4 is 28.3 Å². The molecule has 2 fully saturated rings. The van der Waals surface area contributed by atoms with Crippen molar-refractivity contribution in [2.24, 2.45) is 22.9 Å². The zero-order valence-corrected chi connectivity index (χ0v) is 18.0. The van der Waals surface area contributed by atoms with Gasteiger partial charge in [-0.05, 0) is 32.9 Å². The third kappa shape index (κ3) is 5.20. The van der Waals surface area contributed by atoms with Crippen molar-refractivity contribution < 1.29 is 34.3 Å². The first kappa shape index (κ1) is 24.7. The Balaban J connectivity index is 1.69. The first-order valence-corrected chi connectivity index (χ1v) is 10.6. The summed E-state index contributed by atoms with van der Waals surface area (Å²) in [7, 11) is 1.62. The number of aliphatic hydroxyl groups excluding tert-OH is 2. The van der Waals surface area contributed by atoms with Crippen molar-refractivity contribution in [2.45, 2.75) is 86.5 Å². The Hall–Kier alpha value is -0.900. The number of nitrogens with one attached hydrogen (secondary N) is 1. The molecular formula is C19H37N5O7. The van der Waals surface area contributed by atoms with Gasteiger partial charge in [0, 0.05) is 12.1 Å². The molecule has 3 aliphatic rings. The molecule has 0 unspecified atom stereocenters. The summed E-state index contributed by atoms with van der Waals surface area (Å²) in [6.45, 7) is 1.68. The Bertz CT molecular complexity index is 639. The Morgan fingerprint density at radius 1 is 1.10 bits per heavy atom. The van der Waals surface area contributed by atoms with E-state index in [0.29, 0.717) is 18.6 Å². The monoisotopic (exact) mass is 447 g/mol. The summed E-state index contributed by atoms with van der Waals surface area (Å²) in [6, 6.07) is -2.37. The SMILES string of the molecule is CN[C@H]1[C@@H](O)[C@H](O[C@H]2[C@@H](O)[C@@H](O[C@@H]3OC(CN)=CC[C@@H]3N)[C@H](N)C[C@@H]2N)OC[C@@]1(C)O. The molecule has 0 radical (unpaired) electrons. The zero-order valence-electron chi connectivity index (χ0n) is 18.0. The number of hydrogen-bond acceptors (Lipinski definition) is 12. The summed E-state index contributed by atoms with van der Waals surface area (Å²) in [5.74, 6) is 0.555. The highest BCUT2D eigenvalue weighted by molar-refractivity contribution is 5.04. The third-order valence-corrected chi connectivity index (χ3v) is 6.22. The Labute approximate surface area is 181 Å². The van der Waals surface area contributed by atoms with E-state index in [2.05, 4.69) is 5.32 Å². The lowest BCUT2D eigenvalue weighted by Crippen LogP contribution is -2.68. The number of hydrogen-bond donors (Lipinski definition) is 8.